The Morgan fingerprint density at radius 1 is 1.26 bits per heavy atom. The van der Waals surface area contributed by atoms with Crippen molar-refractivity contribution in [2.45, 2.75) is 75.8 Å². The number of amides is 2. The molecule has 214 valence electrons. The molecular formula is C28H37ClN2O8. The molecule has 3 aliphatic rings. The van der Waals surface area contributed by atoms with Gasteiger partial charge in [0.1, 0.15) is 28.6 Å². The third-order valence-corrected chi connectivity index (χ3v) is 8.36. The van der Waals surface area contributed by atoms with E-state index >= 15 is 0 Å². The second-order valence-corrected chi connectivity index (χ2v) is 11.2. The van der Waals surface area contributed by atoms with Gasteiger partial charge in [0.2, 0.25) is 5.91 Å². The zero-order valence-corrected chi connectivity index (χ0v) is 23.8. The molecule has 3 N–H and O–H groups in total. The van der Waals surface area contributed by atoms with Crippen LogP contribution in [0.25, 0.3) is 0 Å². The molecule has 2 amide bonds. The Morgan fingerprint density at radius 3 is 2.64 bits per heavy atom. The molecule has 0 saturated carbocycles. The van der Waals surface area contributed by atoms with Crippen molar-refractivity contribution in [2.24, 2.45) is 5.92 Å². The zero-order valence-electron chi connectivity index (χ0n) is 23.1. The summed E-state index contributed by atoms with van der Waals surface area (Å²) < 4.78 is 22.4. The summed E-state index contributed by atoms with van der Waals surface area (Å²) >= 11 is 6.58. The number of alkyl carbamates (subject to hydrolysis) is 1. The first-order chi connectivity index (χ1) is 18.3. The van der Waals surface area contributed by atoms with Crippen LogP contribution in [0.1, 0.15) is 39.2 Å². The lowest BCUT2D eigenvalue weighted by Gasteiger charge is -2.42. The van der Waals surface area contributed by atoms with Gasteiger partial charge in [-0.25, -0.2) is 4.79 Å². The van der Waals surface area contributed by atoms with Crippen molar-refractivity contribution >= 4 is 29.3 Å². The number of aliphatic hydroxyl groups is 2. The Bertz CT molecular complexity index is 1190. The zero-order chi connectivity index (χ0) is 28.7. The Kier molecular flexibility index (Phi) is 8.35. The maximum absolute atomic E-state index is 13.3. The van der Waals surface area contributed by atoms with Crippen LogP contribution in [0.3, 0.4) is 0 Å². The number of hydrogen-bond acceptors (Lipinski definition) is 8. The van der Waals surface area contributed by atoms with E-state index in [2.05, 4.69) is 5.32 Å². The minimum Gasteiger partial charge on any atom is -0.495 e. The van der Waals surface area contributed by atoms with Crippen LogP contribution in [0.15, 0.2) is 35.9 Å². The van der Waals surface area contributed by atoms with Crippen LogP contribution in [0.4, 0.5) is 10.5 Å². The highest BCUT2D eigenvalue weighted by atomic mass is 35.5. The Balaban J connectivity index is 1.74. The van der Waals surface area contributed by atoms with E-state index in [-0.39, 0.29) is 23.8 Å². The van der Waals surface area contributed by atoms with Crippen molar-refractivity contribution in [1.82, 2.24) is 5.32 Å². The number of epoxide rings is 1. The van der Waals surface area contributed by atoms with Crippen molar-refractivity contribution in [3.63, 3.8) is 0 Å². The maximum Gasteiger partial charge on any atom is 0.409 e. The molecular weight excluding hydrogens is 528 g/mol. The van der Waals surface area contributed by atoms with Gasteiger partial charge in [-0.3, -0.25) is 10.1 Å². The molecule has 3 heterocycles. The average Bonchev–Trinajstić information content (AvgIpc) is 3.58. The molecule has 4 rings (SSSR count). The number of allylic oxidation sites excluding steroid dienone is 3. The molecule has 1 aromatic rings. The second-order valence-electron chi connectivity index (χ2n) is 10.8. The van der Waals surface area contributed by atoms with Crippen molar-refractivity contribution in [3.05, 3.63) is 46.5 Å². The first kappa shape index (κ1) is 29.4. The first-order valence-electron chi connectivity index (χ1n) is 12.9. The number of anilines is 1. The van der Waals surface area contributed by atoms with E-state index < -0.39 is 47.8 Å². The molecule has 3 aliphatic heterocycles. The topological polar surface area (TPSA) is 130 Å². The number of hydrogen-bond donors (Lipinski definition) is 3. The van der Waals surface area contributed by atoms with Gasteiger partial charge >= 0.3 is 6.09 Å². The molecule has 39 heavy (non-hydrogen) atoms. The predicted octanol–water partition coefficient (Wildman–Crippen LogP) is 3.12. The van der Waals surface area contributed by atoms with E-state index in [1.807, 2.05) is 32.1 Å². The molecule has 0 radical (unpaired) electrons. The molecule has 0 aromatic heterocycles. The van der Waals surface area contributed by atoms with Crippen LogP contribution in [-0.4, -0.2) is 79.2 Å². The van der Waals surface area contributed by atoms with E-state index in [0.29, 0.717) is 17.9 Å². The van der Waals surface area contributed by atoms with Gasteiger partial charge in [-0.1, -0.05) is 42.3 Å². The Labute approximate surface area is 233 Å². The number of methoxy groups -OCH3 is 2. The fourth-order valence-electron chi connectivity index (χ4n) is 5.46. The van der Waals surface area contributed by atoms with Crippen LogP contribution in [0.5, 0.6) is 5.75 Å². The van der Waals surface area contributed by atoms with Crippen LogP contribution in [0, 0.1) is 5.92 Å². The lowest BCUT2D eigenvalue weighted by Crippen LogP contribution is -2.63. The van der Waals surface area contributed by atoms with Crippen LogP contribution >= 0.6 is 11.6 Å². The summed E-state index contributed by atoms with van der Waals surface area (Å²) in [5.41, 5.74) is -0.479. The van der Waals surface area contributed by atoms with E-state index in [4.69, 9.17) is 30.5 Å². The fourth-order valence-corrected chi connectivity index (χ4v) is 5.78. The van der Waals surface area contributed by atoms with Crippen LogP contribution in [0.2, 0.25) is 5.02 Å². The molecule has 2 saturated heterocycles. The summed E-state index contributed by atoms with van der Waals surface area (Å²) in [6.45, 7) is 5.48. The highest BCUT2D eigenvalue weighted by Gasteiger charge is 2.62. The predicted molar refractivity (Wildman–Crippen MR) is 145 cm³/mol. The molecule has 11 heteroatoms. The van der Waals surface area contributed by atoms with Crippen LogP contribution < -0.4 is 15.0 Å². The van der Waals surface area contributed by atoms with E-state index in [0.717, 1.165) is 11.1 Å². The standard InChI is InChI=1S/C28H37ClN2O8/c1-15-8-7-9-22(37-6)28(35)14-20(38-26(34)30-28)16(2)25-27(3,39-25)21(32)13-23(33)31(4)18-11-17(10-15)12-19(36-5)24(18)29/h7-9,11-12,16,20-22,25,32,35H,10,13-14H2,1-6H3,(H,30,34)/b9-7-,15-8-/t16-,20+,21+,22-,25+,27+,28+/m1/s1. The van der Waals surface area contributed by atoms with Gasteiger partial charge < -0.3 is 34.1 Å². The normalized spacial score (nSPS) is 37.6. The first-order valence-corrected chi connectivity index (χ1v) is 13.3. The summed E-state index contributed by atoms with van der Waals surface area (Å²) in [5, 5.41) is 25.3. The molecule has 4 bridgehead atoms. The number of nitrogens with one attached hydrogen (secondary N) is 1. The minimum atomic E-state index is -1.73. The molecule has 0 unspecified atom stereocenters. The average molecular weight is 565 g/mol. The maximum atomic E-state index is 13.3. The third-order valence-electron chi connectivity index (χ3n) is 7.98. The monoisotopic (exact) mass is 564 g/mol. The van der Waals surface area contributed by atoms with Gasteiger partial charge in [-0.05, 0) is 38.0 Å². The Morgan fingerprint density at radius 2 is 1.97 bits per heavy atom. The lowest BCUT2D eigenvalue weighted by molar-refractivity contribution is -0.142. The van der Waals surface area contributed by atoms with E-state index in [1.54, 1.807) is 26.1 Å². The third kappa shape index (κ3) is 5.81. The van der Waals surface area contributed by atoms with E-state index in [9.17, 15) is 19.8 Å². The van der Waals surface area contributed by atoms with Gasteiger partial charge in [0.15, 0.2) is 5.72 Å². The number of nitrogens with zero attached hydrogens (tertiary/aromatic N) is 1. The number of aliphatic hydroxyl groups excluding tert-OH is 1. The minimum absolute atomic E-state index is 0.0310. The smallest absolute Gasteiger partial charge is 0.409 e. The Hall–Kier alpha value is -2.63. The largest absolute Gasteiger partial charge is 0.495 e. The van der Waals surface area contributed by atoms with Crippen molar-refractivity contribution < 1.29 is 38.7 Å². The van der Waals surface area contributed by atoms with Gasteiger partial charge in [0.05, 0.1) is 31.4 Å². The van der Waals surface area contributed by atoms with Crippen molar-refractivity contribution in [2.75, 3.05) is 26.2 Å². The lowest BCUT2D eigenvalue weighted by atomic mass is 9.84. The molecule has 2 fully saturated rings. The SMILES string of the molecule is COc1cc2cc(c1Cl)N(C)C(=O)C[C@H](O)[C@]1(C)O[C@H]1[C@H](C)[C@@H]1C[C@@](O)(NC(=O)O1)[C@H](OC)/C=C\C=C(\C)C2. The summed E-state index contributed by atoms with van der Waals surface area (Å²) in [6.07, 6.45) is 1.63. The number of ether oxygens (including phenoxy) is 4. The summed E-state index contributed by atoms with van der Waals surface area (Å²) in [6, 6.07) is 3.63. The summed E-state index contributed by atoms with van der Waals surface area (Å²) in [7, 11) is 4.56. The number of carbonyl (C=O) groups is 2. The number of benzene rings is 1. The quantitative estimate of drug-likeness (QED) is 0.467. The molecule has 0 aliphatic carbocycles. The van der Waals surface area contributed by atoms with Gasteiger partial charge in [0, 0.05) is 26.5 Å². The summed E-state index contributed by atoms with van der Waals surface area (Å²) in [5.74, 6) is -0.323. The van der Waals surface area contributed by atoms with E-state index in [1.165, 1.54) is 19.1 Å². The fraction of sp³-hybridized carbons (Fsp3) is 0.571. The molecule has 0 spiro atoms. The van der Waals surface area contributed by atoms with Crippen LogP contribution in [-0.2, 0) is 25.4 Å². The highest BCUT2D eigenvalue weighted by Crippen LogP contribution is 2.48. The second kappa shape index (κ2) is 11.1. The molecule has 1 aromatic carbocycles. The molecule has 7 atom stereocenters. The van der Waals surface area contributed by atoms with Crippen molar-refractivity contribution in [3.8, 4) is 5.75 Å². The number of halogens is 1. The number of fused-ring (bicyclic) bond motifs is 5. The highest BCUT2D eigenvalue weighted by molar-refractivity contribution is 6.35. The number of rotatable bonds is 2. The van der Waals surface area contributed by atoms with Gasteiger partial charge in [0.25, 0.3) is 0 Å². The van der Waals surface area contributed by atoms with Gasteiger partial charge in [-0.2, -0.15) is 0 Å². The molecule has 10 nitrogen and oxygen atoms in total. The number of carbonyl (C=O) groups excluding carboxylic acids is 2. The van der Waals surface area contributed by atoms with Crippen molar-refractivity contribution in [1.29, 1.82) is 0 Å². The summed E-state index contributed by atoms with van der Waals surface area (Å²) in [4.78, 5) is 27.1. The van der Waals surface area contributed by atoms with Gasteiger partial charge in [-0.15, -0.1) is 0 Å².